The third-order valence-electron chi connectivity index (χ3n) is 3.12. The van der Waals surface area contributed by atoms with Crippen molar-refractivity contribution < 1.29 is 23.9 Å². The fourth-order valence-corrected chi connectivity index (χ4v) is 2.40. The maximum atomic E-state index is 12.3. The van der Waals surface area contributed by atoms with E-state index in [1.807, 2.05) is 0 Å². The zero-order chi connectivity index (χ0) is 17.7. The molecular weight excluding hydrogens is 378 g/mol. The Kier molecular flexibility index (Phi) is 5.70. The zero-order valence-electron chi connectivity index (χ0n) is 13.0. The Morgan fingerprint density at radius 1 is 0.875 bits per heavy atom. The molecule has 6 nitrogen and oxygen atoms in total. The van der Waals surface area contributed by atoms with E-state index < -0.39 is 11.9 Å². The number of hydrogen-bond donors (Lipinski definition) is 1. The number of hydrogen-bond acceptors (Lipinski definition) is 5. The molecule has 0 radical (unpaired) electrons. The quantitative estimate of drug-likeness (QED) is 0.808. The number of halogens is 1. The predicted octanol–water partition coefficient (Wildman–Crippen LogP) is 3.27. The van der Waals surface area contributed by atoms with Gasteiger partial charge < -0.3 is 14.8 Å². The first kappa shape index (κ1) is 17.7. The van der Waals surface area contributed by atoms with Gasteiger partial charge >= 0.3 is 11.9 Å². The summed E-state index contributed by atoms with van der Waals surface area (Å²) in [5.74, 6) is -1.63. The Labute approximate surface area is 146 Å². The second kappa shape index (κ2) is 7.74. The highest BCUT2D eigenvalue weighted by Gasteiger charge is 2.15. The Morgan fingerprint density at radius 2 is 1.46 bits per heavy atom. The van der Waals surface area contributed by atoms with Crippen molar-refractivity contribution in [2.24, 2.45) is 0 Å². The molecule has 2 aromatic carbocycles. The number of benzene rings is 2. The van der Waals surface area contributed by atoms with Crippen LogP contribution in [0.15, 0.2) is 46.9 Å². The normalized spacial score (nSPS) is 9.96. The van der Waals surface area contributed by atoms with Gasteiger partial charge in [0.05, 0.1) is 25.3 Å². The number of carbonyl (C=O) groups excluding carboxylic acids is 3. The molecule has 2 aromatic rings. The first-order valence-corrected chi connectivity index (χ1v) is 7.62. The molecule has 7 heteroatoms. The molecule has 0 aliphatic carbocycles. The summed E-state index contributed by atoms with van der Waals surface area (Å²) in [5.41, 5.74) is 0.964. The monoisotopic (exact) mass is 391 g/mol. The Hall–Kier alpha value is -2.67. The van der Waals surface area contributed by atoms with Crippen LogP contribution in [-0.2, 0) is 9.47 Å². The van der Waals surface area contributed by atoms with Gasteiger partial charge in [0, 0.05) is 15.7 Å². The number of nitrogens with one attached hydrogen (secondary N) is 1. The molecule has 124 valence electrons. The number of rotatable bonds is 4. The molecule has 0 aromatic heterocycles. The van der Waals surface area contributed by atoms with Crippen molar-refractivity contribution in [1.29, 1.82) is 0 Å². The molecular formula is C17H14BrNO5. The molecule has 0 bridgehead atoms. The van der Waals surface area contributed by atoms with Crippen LogP contribution in [-0.4, -0.2) is 32.1 Å². The summed E-state index contributed by atoms with van der Waals surface area (Å²) in [6.45, 7) is 0. The number of carbonyl (C=O) groups is 3. The summed E-state index contributed by atoms with van der Waals surface area (Å²) < 4.78 is 10.1. The van der Waals surface area contributed by atoms with Gasteiger partial charge in [0.2, 0.25) is 0 Å². The van der Waals surface area contributed by atoms with E-state index in [1.54, 1.807) is 24.3 Å². The Bertz CT molecular complexity index is 769. The first-order chi connectivity index (χ1) is 11.4. The summed E-state index contributed by atoms with van der Waals surface area (Å²) in [6, 6.07) is 11.0. The van der Waals surface area contributed by atoms with Crippen LogP contribution in [0, 0.1) is 0 Å². The molecule has 1 amide bonds. The van der Waals surface area contributed by atoms with Crippen molar-refractivity contribution in [3.8, 4) is 0 Å². The van der Waals surface area contributed by atoms with Gasteiger partial charge in [0.25, 0.3) is 5.91 Å². The Balaban J connectivity index is 2.36. The molecule has 0 spiro atoms. The van der Waals surface area contributed by atoms with Crippen molar-refractivity contribution in [3.63, 3.8) is 0 Å². The van der Waals surface area contributed by atoms with Gasteiger partial charge in [-0.05, 0) is 36.4 Å². The molecule has 24 heavy (non-hydrogen) atoms. The van der Waals surface area contributed by atoms with Crippen molar-refractivity contribution in [2.45, 2.75) is 0 Å². The van der Waals surface area contributed by atoms with Crippen LogP contribution in [0.25, 0.3) is 0 Å². The van der Waals surface area contributed by atoms with Gasteiger partial charge in [0.1, 0.15) is 0 Å². The second-order valence-corrected chi connectivity index (χ2v) is 5.66. The minimum Gasteiger partial charge on any atom is -0.465 e. The van der Waals surface area contributed by atoms with Gasteiger partial charge in [-0.2, -0.15) is 0 Å². The summed E-state index contributed by atoms with van der Waals surface area (Å²) in [6.07, 6.45) is 0. The maximum Gasteiger partial charge on any atom is 0.337 e. The van der Waals surface area contributed by atoms with Crippen molar-refractivity contribution in [3.05, 3.63) is 63.6 Å². The first-order valence-electron chi connectivity index (χ1n) is 6.83. The van der Waals surface area contributed by atoms with Crippen LogP contribution in [0.5, 0.6) is 0 Å². The number of ether oxygens (including phenoxy) is 2. The average Bonchev–Trinajstić information content (AvgIpc) is 2.59. The van der Waals surface area contributed by atoms with Crippen LogP contribution in [0.4, 0.5) is 5.69 Å². The van der Waals surface area contributed by atoms with E-state index in [1.165, 1.54) is 32.4 Å². The van der Waals surface area contributed by atoms with Crippen LogP contribution < -0.4 is 5.32 Å². The van der Waals surface area contributed by atoms with E-state index in [2.05, 4.69) is 30.7 Å². The summed E-state index contributed by atoms with van der Waals surface area (Å²) in [7, 11) is 2.46. The third kappa shape index (κ3) is 4.20. The molecule has 2 rings (SSSR count). The number of anilines is 1. The average molecular weight is 392 g/mol. The lowest BCUT2D eigenvalue weighted by molar-refractivity contribution is 0.0599. The van der Waals surface area contributed by atoms with E-state index in [4.69, 9.17) is 0 Å². The molecule has 0 saturated carbocycles. The van der Waals surface area contributed by atoms with Gasteiger partial charge in [-0.15, -0.1) is 0 Å². The smallest absolute Gasteiger partial charge is 0.337 e. The van der Waals surface area contributed by atoms with E-state index in [0.29, 0.717) is 5.56 Å². The molecule has 0 fully saturated rings. The number of esters is 2. The van der Waals surface area contributed by atoms with Crippen LogP contribution in [0.1, 0.15) is 31.1 Å². The lowest BCUT2D eigenvalue weighted by Crippen LogP contribution is -2.14. The Morgan fingerprint density at radius 3 is 1.96 bits per heavy atom. The number of methoxy groups -OCH3 is 2. The highest BCUT2D eigenvalue weighted by Crippen LogP contribution is 2.19. The summed E-state index contributed by atoms with van der Waals surface area (Å²) in [4.78, 5) is 35.8. The van der Waals surface area contributed by atoms with E-state index in [-0.39, 0.29) is 22.7 Å². The molecule has 0 aliphatic heterocycles. The highest BCUT2D eigenvalue weighted by atomic mass is 79.9. The van der Waals surface area contributed by atoms with E-state index in [0.717, 1.165) is 4.47 Å². The molecule has 1 N–H and O–H groups in total. The van der Waals surface area contributed by atoms with Gasteiger partial charge in [-0.3, -0.25) is 4.79 Å². The standard InChI is InChI=1S/C17H14BrNO5/c1-23-16(21)11-6-12(17(22)24-2)9-14(8-11)19-15(20)10-4-3-5-13(18)7-10/h3-9H,1-2H3,(H,19,20). The minimum absolute atomic E-state index is 0.130. The van der Waals surface area contributed by atoms with E-state index in [9.17, 15) is 14.4 Å². The maximum absolute atomic E-state index is 12.3. The SMILES string of the molecule is COC(=O)c1cc(NC(=O)c2cccc(Br)c2)cc(C(=O)OC)c1. The summed E-state index contributed by atoms with van der Waals surface area (Å²) >= 11 is 3.29. The summed E-state index contributed by atoms with van der Waals surface area (Å²) in [5, 5.41) is 2.65. The molecule has 0 saturated heterocycles. The van der Waals surface area contributed by atoms with Gasteiger partial charge in [-0.25, -0.2) is 9.59 Å². The topological polar surface area (TPSA) is 81.7 Å². The van der Waals surface area contributed by atoms with Gasteiger partial charge in [0.15, 0.2) is 0 Å². The zero-order valence-corrected chi connectivity index (χ0v) is 14.5. The van der Waals surface area contributed by atoms with Crippen LogP contribution in [0.2, 0.25) is 0 Å². The number of amides is 1. The van der Waals surface area contributed by atoms with Crippen molar-refractivity contribution >= 4 is 39.5 Å². The molecule has 0 unspecified atom stereocenters. The molecule has 0 aliphatic rings. The fraction of sp³-hybridized carbons (Fsp3) is 0.118. The van der Waals surface area contributed by atoms with Crippen LogP contribution in [0.3, 0.4) is 0 Å². The molecule has 0 atom stereocenters. The minimum atomic E-state index is -0.626. The lowest BCUT2D eigenvalue weighted by Gasteiger charge is -2.10. The molecule has 0 heterocycles. The van der Waals surface area contributed by atoms with Crippen molar-refractivity contribution in [2.75, 3.05) is 19.5 Å². The highest BCUT2D eigenvalue weighted by molar-refractivity contribution is 9.10. The lowest BCUT2D eigenvalue weighted by atomic mass is 10.1. The predicted molar refractivity (Wildman–Crippen MR) is 91.2 cm³/mol. The van der Waals surface area contributed by atoms with Crippen LogP contribution >= 0.6 is 15.9 Å². The third-order valence-corrected chi connectivity index (χ3v) is 3.61. The van der Waals surface area contributed by atoms with Crippen molar-refractivity contribution in [1.82, 2.24) is 0 Å². The fourth-order valence-electron chi connectivity index (χ4n) is 2.00. The second-order valence-electron chi connectivity index (χ2n) is 4.75. The van der Waals surface area contributed by atoms with E-state index >= 15 is 0 Å². The largest absolute Gasteiger partial charge is 0.465 e. The van der Waals surface area contributed by atoms with Gasteiger partial charge in [-0.1, -0.05) is 22.0 Å².